The fourth-order valence-corrected chi connectivity index (χ4v) is 4.81. The van der Waals surface area contributed by atoms with Crippen LogP contribution in [-0.2, 0) is 9.53 Å². The molecular formula is C18H23FN3O3S+3. The van der Waals surface area contributed by atoms with Crippen LogP contribution in [0.1, 0.15) is 17.3 Å². The maximum atomic E-state index is 14.8. The van der Waals surface area contributed by atoms with E-state index < -0.39 is 11.8 Å². The number of esters is 1. The van der Waals surface area contributed by atoms with Crippen LogP contribution >= 0.6 is 11.8 Å². The number of halogens is 1. The summed E-state index contributed by atoms with van der Waals surface area (Å²) in [5.74, 6) is -0.676. The summed E-state index contributed by atoms with van der Waals surface area (Å²) in [6.45, 7) is 5.64. The van der Waals surface area contributed by atoms with E-state index in [-0.39, 0.29) is 23.6 Å². The highest BCUT2D eigenvalue weighted by Crippen LogP contribution is 2.34. The van der Waals surface area contributed by atoms with Crippen LogP contribution < -0.4 is 14.7 Å². The molecule has 138 valence electrons. The molecule has 3 aliphatic heterocycles. The first-order chi connectivity index (χ1) is 12.5. The summed E-state index contributed by atoms with van der Waals surface area (Å²) < 4.78 is 19.9. The molecule has 2 fully saturated rings. The van der Waals surface area contributed by atoms with E-state index in [1.54, 1.807) is 6.92 Å². The zero-order chi connectivity index (χ0) is 18.4. The van der Waals surface area contributed by atoms with Crippen LogP contribution in [0.2, 0.25) is 0 Å². The van der Waals surface area contributed by atoms with Gasteiger partial charge in [0.05, 0.1) is 25.3 Å². The van der Waals surface area contributed by atoms with E-state index >= 15 is 0 Å². The first kappa shape index (κ1) is 17.7. The van der Waals surface area contributed by atoms with Crippen molar-refractivity contribution in [3.05, 3.63) is 34.1 Å². The van der Waals surface area contributed by atoms with E-state index in [0.717, 1.165) is 47.5 Å². The number of nitrogens with one attached hydrogen (secondary N) is 3. The van der Waals surface area contributed by atoms with E-state index in [2.05, 4.69) is 7.05 Å². The molecule has 0 amide bonds. The summed E-state index contributed by atoms with van der Waals surface area (Å²) >= 11 is 1.48. The van der Waals surface area contributed by atoms with Gasteiger partial charge in [-0.3, -0.25) is 14.6 Å². The second-order valence-electron chi connectivity index (χ2n) is 6.96. The Bertz CT molecular complexity index is 818. The minimum atomic E-state index is -0.611. The van der Waals surface area contributed by atoms with Gasteiger partial charge in [-0.1, -0.05) is 0 Å². The molecule has 0 bridgehead atoms. The normalized spacial score (nSPS) is 27.5. The standard InChI is InChI=1S/C18H20FN3O3S/c1-3-25-18(24)15-16(23)11-8-12(19)14(21-6-4-20(2)5-7-21)9-13(11)22-10-26-17(15)22/h8-9H,3-7,10H2,1-2H3/p+3. The predicted molar refractivity (Wildman–Crippen MR) is 94.4 cm³/mol. The first-order valence-electron chi connectivity index (χ1n) is 8.96. The topological polar surface area (TPSA) is 56.7 Å². The second kappa shape index (κ2) is 6.77. The summed E-state index contributed by atoms with van der Waals surface area (Å²) in [4.78, 5) is 28.6. The Labute approximate surface area is 155 Å². The number of ether oxygens (including phenoxy) is 1. The van der Waals surface area contributed by atoms with Crippen molar-refractivity contribution in [1.29, 1.82) is 0 Å². The molecule has 6 nitrogen and oxygen atoms in total. The van der Waals surface area contributed by atoms with E-state index in [1.807, 2.05) is 6.07 Å². The van der Waals surface area contributed by atoms with Gasteiger partial charge in [-0.05, 0) is 24.8 Å². The zero-order valence-electron chi connectivity index (χ0n) is 14.9. The summed E-state index contributed by atoms with van der Waals surface area (Å²) in [7, 11) is 2.15. The number of piperazine rings is 1. The molecule has 0 radical (unpaired) electrons. The summed E-state index contributed by atoms with van der Waals surface area (Å²) in [5, 5.41) is 0.705. The molecule has 3 N–H and O–H groups in total. The van der Waals surface area contributed by atoms with Crippen molar-refractivity contribution in [2.45, 2.75) is 6.92 Å². The number of hydrogen-bond donors (Lipinski definition) is 3. The van der Waals surface area contributed by atoms with Gasteiger partial charge in [0.25, 0.3) is 0 Å². The third-order valence-electron chi connectivity index (χ3n) is 5.33. The highest BCUT2D eigenvalue weighted by Gasteiger charge is 2.47. The fraction of sp³-hybridized carbons (Fsp3) is 0.444. The third kappa shape index (κ3) is 2.77. The molecule has 1 aromatic carbocycles. The minimum Gasteiger partial charge on any atom is -0.462 e. The van der Waals surface area contributed by atoms with Crippen LogP contribution in [0, 0.1) is 5.82 Å². The van der Waals surface area contributed by atoms with Gasteiger partial charge < -0.3 is 9.64 Å². The van der Waals surface area contributed by atoms with Gasteiger partial charge in [0.2, 0.25) is 5.78 Å². The number of ketones is 1. The van der Waals surface area contributed by atoms with Crippen LogP contribution in [0.3, 0.4) is 0 Å². The van der Waals surface area contributed by atoms with Crippen molar-refractivity contribution in [2.75, 3.05) is 45.7 Å². The number of hydrogen-bond acceptors (Lipinski definition) is 4. The van der Waals surface area contributed by atoms with Crippen molar-refractivity contribution in [3.8, 4) is 0 Å². The molecule has 0 aliphatic carbocycles. The fourth-order valence-electron chi connectivity index (χ4n) is 3.80. The average molecular weight is 380 g/mol. The van der Waals surface area contributed by atoms with Crippen molar-refractivity contribution in [3.63, 3.8) is 0 Å². The van der Waals surface area contributed by atoms with Crippen molar-refractivity contribution >= 4 is 34.9 Å². The molecule has 8 heteroatoms. The summed E-state index contributed by atoms with van der Waals surface area (Å²) in [6, 6.07) is 3.15. The minimum absolute atomic E-state index is 0.0632. The molecule has 1 unspecified atom stereocenters. The Kier molecular flexibility index (Phi) is 4.60. The lowest BCUT2D eigenvalue weighted by molar-refractivity contribution is -0.975. The Morgan fingerprint density at radius 3 is 2.58 bits per heavy atom. The molecule has 1 aromatic rings. The second-order valence-corrected chi connectivity index (χ2v) is 7.94. The number of Topliss-reactive ketones (excluding diaryl/α,β-unsaturated/α-hetero) is 1. The molecule has 3 heterocycles. The highest BCUT2D eigenvalue weighted by molar-refractivity contribution is 8.03. The maximum absolute atomic E-state index is 14.8. The lowest BCUT2D eigenvalue weighted by Gasteiger charge is -2.34. The molecule has 0 spiro atoms. The Morgan fingerprint density at radius 1 is 1.23 bits per heavy atom. The lowest BCUT2D eigenvalue weighted by Crippen LogP contribution is -3.25. The van der Waals surface area contributed by atoms with Gasteiger partial charge in [0, 0.05) is 0 Å². The number of carbonyl (C=O) groups is 2. The van der Waals surface area contributed by atoms with Gasteiger partial charge in [0.15, 0.2) is 27.8 Å². The van der Waals surface area contributed by atoms with Crippen LogP contribution in [0.5, 0.6) is 0 Å². The largest absolute Gasteiger partial charge is 0.462 e. The Balaban J connectivity index is 1.72. The molecule has 1 atom stereocenters. The molecule has 26 heavy (non-hydrogen) atoms. The van der Waals surface area contributed by atoms with Crippen molar-refractivity contribution in [1.82, 2.24) is 0 Å². The number of fused-ring (bicyclic) bond motifs is 3. The number of rotatable bonds is 3. The Hall–Kier alpha value is -1.74. The molecule has 0 saturated carbocycles. The molecule has 4 rings (SSSR count). The van der Waals surface area contributed by atoms with Gasteiger partial charge >= 0.3 is 5.97 Å². The Morgan fingerprint density at radius 2 is 1.96 bits per heavy atom. The number of carbonyl (C=O) groups excluding carboxylic acids is 2. The van der Waals surface area contributed by atoms with Crippen molar-refractivity contribution in [2.24, 2.45) is 0 Å². The van der Waals surface area contributed by atoms with Gasteiger partial charge in [-0.25, -0.2) is 9.18 Å². The number of likely N-dealkylation sites (N-methyl/N-ethyl adjacent to an activating group) is 1. The smallest absolute Gasteiger partial charge is 0.348 e. The van der Waals surface area contributed by atoms with Crippen molar-refractivity contribution < 1.29 is 33.4 Å². The van der Waals surface area contributed by atoms with E-state index in [9.17, 15) is 14.0 Å². The quantitative estimate of drug-likeness (QED) is 0.422. The zero-order valence-corrected chi connectivity index (χ0v) is 15.7. The maximum Gasteiger partial charge on any atom is 0.348 e. The molecule has 0 aromatic heterocycles. The monoisotopic (exact) mass is 380 g/mol. The number of quaternary nitrogens is 3. The molecule has 3 aliphatic rings. The SMILES string of the molecule is CCOC(=O)C1=C2SC[NH+]2c2cc([NH+]3CC[NH+](C)CC3)c(F)cc2C1=O. The van der Waals surface area contributed by atoms with Crippen LogP contribution in [0.4, 0.5) is 15.8 Å². The van der Waals surface area contributed by atoms with E-state index in [0.29, 0.717) is 10.7 Å². The lowest BCUT2D eigenvalue weighted by atomic mass is 9.96. The highest BCUT2D eigenvalue weighted by atomic mass is 32.2. The number of benzene rings is 1. The van der Waals surface area contributed by atoms with Crippen LogP contribution in [-0.4, -0.2) is 57.5 Å². The van der Waals surface area contributed by atoms with Crippen LogP contribution in [0.25, 0.3) is 0 Å². The van der Waals surface area contributed by atoms with E-state index in [1.165, 1.54) is 22.7 Å². The van der Waals surface area contributed by atoms with Gasteiger partial charge in [-0.15, -0.1) is 0 Å². The first-order valence-corrected chi connectivity index (χ1v) is 9.95. The number of thioether (sulfide) groups is 1. The van der Waals surface area contributed by atoms with E-state index in [4.69, 9.17) is 4.74 Å². The average Bonchev–Trinajstić information content (AvgIpc) is 2.59. The molecular weight excluding hydrogens is 357 g/mol. The summed E-state index contributed by atoms with van der Waals surface area (Å²) in [5.41, 5.74) is 1.76. The molecule has 2 saturated heterocycles. The van der Waals surface area contributed by atoms with Gasteiger partial charge in [-0.2, -0.15) is 0 Å². The predicted octanol–water partition coefficient (Wildman–Crippen LogP) is -1.94. The third-order valence-corrected chi connectivity index (χ3v) is 6.51. The van der Waals surface area contributed by atoms with Gasteiger partial charge in [0.1, 0.15) is 32.1 Å². The van der Waals surface area contributed by atoms with Crippen LogP contribution in [0.15, 0.2) is 22.7 Å². The summed E-state index contributed by atoms with van der Waals surface area (Å²) in [6.07, 6.45) is 0.